The lowest BCUT2D eigenvalue weighted by Gasteiger charge is -2.24. The first-order chi connectivity index (χ1) is 12.7. The summed E-state index contributed by atoms with van der Waals surface area (Å²) in [4.78, 5) is 14.9. The summed E-state index contributed by atoms with van der Waals surface area (Å²) in [6, 6.07) is 7.73. The number of aromatic nitrogens is 2. The predicted molar refractivity (Wildman–Crippen MR) is 104 cm³/mol. The van der Waals surface area contributed by atoms with Crippen LogP contribution in [0.2, 0.25) is 0 Å². The van der Waals surface area contributed by atoms with E-state index in [0.29, 0.717) is 24.7 Å². The van der Waals surface area contributed by atoms with Gasteiger partial charge in [0.25, 0.3) is 5.91 Å². The van der Waals surface area contributed by atoms with Gasteiger partial charge in [-0.3, -0.25) is 9.48 Å². The molecule has 1 aromatic heterocycles. The number of ether oxygens (including phenoxy) is 2. The largest absolute Gasteiger partial charge is 0.454 e. The van der Waals surface area contributed by atoms with Gasteiger partial charge in [-0.2, -0.15) is 5.10 Å². The molecule has 6 heteroatoms. The van der Waals surface area contributed by atoms with Gasteiger partial charge in [-0.05, 0) is 57.4 Å². The molecule has 2 heterocycles. The minimum atomic E-state index is -0.174. The molecule has 1 aliphatic rings. The lowest BCUT2D eigenvalue weighted by molar-refractivity contribution is 0.0744. The minimum Gasteiger partial charge on any atom is -0.454 e. The van der Waals surface area contributed by atoms with Gasteiger partial charge in [0.2, 0.25) is 6.79 Å². The Morgan fingerprint density at radius 2 is 1.93 bits per heavy atom. The second kappa shape index (κ2) is 7.25. The molecule has 146 valence electrons. The summed E-state index contributed by atoms with van der Waals surface area (Å²) in [5.74, 6) is 1.72. The third kappa shape index (κ3) is 3.94. The van der Waals surface area contributed by atoms with E-state index in [1.165, 1.54) is 0 Å². The molecule has 2 aromatic rings. The van der Waals surface area contributed by atoms with Crippen LogP contribution < -0.4 is 9.47 Å². The van der Waals surface area contributed by atoms with E-state index in [0.717, 1.165) is 22.8 Å². The number of hydrogen-bond donors (Lipinski definition) is 0. The maximum absolute atomic E-state index is 13.1. The lowest BCUT2D eigenvalue weighted by Crippen LogP contribution is -2.31. The first kappa shape index (κ1) is 19.3. The Hall–Kier alpha value is -2.50. The van der Waals surface area contributed by atoms with Crippen LogP contribution in [0.5, 0.6) is 11.5 Å². The third-order valence-corrected chi connectivity index (χ3v) is 4.66. The first-order valence-corrected chi connectivity index (χ1v) is 9.49. The van der Waals surface area contributed by atoms with Crippen molar-refractivity contribution in [2.24, 2.45) is 0 Å². The average Bonchev–Trinajstić information content (AvgIpc) is 3.25. The van der Waals surface area contributed by atoms with Crippen molar-refractivity contribution in [3.8, 4) is 11.5 Å². The highest BCUT2D eigenvalue weighted by molar-refractivity contribution is 5.92. The molecule has 1 aromatic carbocycles. The number of carbonyl (C=O) groups is 1. The van der Waals surface area contributed by atoms with E-state index in [-0.39, 0.29) is 18.2 Å². The van der Waals surface area contributed by atoms with Gasteiger partial charge in [0, 0.05) is 18.8 Å². The molecule has 6 nitrogen and oxygen atoms in total. The van der Waals surface area contributed by atoms with Crippen molar-refractivity contribution < 1.29 is 14.3 Å². The summed E-state index contributed by atoms with van der Waals surface area (Å²) in [5, 5.41) is 4.65. The SMILES string of the molecule is CCN(Cc1ccc2c(c1)OCO2)C(=O)c1cc(C(C)C)n(C(C)(C)C)n1. The molecule has 0 unspecified atom stereocenters. The number of fused-ring (bicyclic) bond motifs is 1. The summed E-state index contributed by atoms with van der Waals surface area (Å²) in [6.07, 6.45) is 0. The molecule has 1 amide bonds. The summed E-state index contributed by atoms with van der Waals surface area (Å²) in [7, 11) is 0. The molecule has 27 heavy (non-hydrogen) atoms. The van der Waals surface area contributed by atoms with Crippen molar-refractivity contribution >= 4 is 5.91 Å². The van der Waals surface area contributed by atoms with Crippen LogP contribution in [0.1, 0.15) is 69.2 Å². The molecule has 0 atom stereocenters. The maximum Gasteiger partial charge on any atom is 0.274 e. The monoisotopic (exact) mass is 371 g/mol. The Bertz CT molecular complexity index is 834. The molecule has 0 spiro atoms. The van der Waals surface area contributed by atoms with Crippen LogP contribution in [0.4, 0.5) is 0 Å². The number of hydrogen-bond acceptors (Lipinski definition) is 4. The lowest BCUT2D eigenvalue weighted by atomic mass is 10.1. The molecule has 0 saturated carbocycles. The summed E-state index contributed by atoms with van der Waals surface area (Å²) in [5.41, 5.74) is 2.40. The Morgan fingerprint density at radius 1 is 1.22 bits per heavy atom. The second-order valence-corrected chi connectivity index (χ2v) is 8.20. The average molecular weight is 371 g/mol. The number of benzene rings is 1. The van der Waals surface area contributed by atoms with Gasteiger partial charge in [-0.15, -0.1) is 0 Å². The van der Waals surface area contributed by atoms with Gasteiger partial charge in [-0.1, -0.05) is 19.9 Å². The van der Waals surface area contributed by atoms with Gasteiger partial charge in [0.1, 0.15) is 0 Å². The van der Waals surface area contributed by atoms with Crippen LogP contribution in [0.3, 0.4) is 0 Å². The predicted octanol–water partition coefficient (Wildman–Crippen LogP) is 4.15. The van der Waals surface area contributed by atoms with Crippen LogP contribution in [-0.2, 0) is 12.1 Å². The van der Waals surface area contributed by atoms with E-state index in [4.69, 9.17) is 9.47 Å². The Kier molecular flexibility index (Phi) is 5.18. The van der Waals surface area contributed by atoms with Crippen molar-refractivity contribution in [1.29, 1.82) is 0 Å². The molecule has 0 saturated heterocycles. The highest BCUT2D eigenvalue weighted by Crippen LogP contribution is 2.33. The molecule has 0 aliphatic carbocycles. The van der Waals surface area contributed by atoms with E-state index >= 15 is 0 Å². The van der Waals surface area contributed by atoms with Gasteiger partial charge in [0.15, 0.2) is 17.2 Å². The zero-order chi connectivity index (χ0) is 19.8. The normalized spacial score (nSPS) is 13.3. The molecular formula is C21H29N3O3. The molecule has 0 radical (unpaired) electrons. The van der Waals surface area contributed by atoms with E-state index in [2.05, 4.69) is 39.7 Å². The van der Waals surface area contributed by atoms with Crippen LogP contribution >= 0.6 is 0 Å². The van der Waals surface area contributed by atoms with Gasteiger partial charge >= 0.3 is 0 Å². The van der Waals surface area contributed by atoms with Gasteiger partial charge in [-0.25, -0.2) is 0 Å². The highest BCUT2D eigenvalue weighted by Gasteiger charge is 2.26. The van der Waals surface area contributed by atoms with E-state index in [9.17, 15) is 4.79 Å². The number of carbonyl (C=O) groups excluding carboxylic acids is 1. The number of nitrogens with zero attached hydrogens (tertiary/aromatic N) is 3. The van der Waals surface area contributed by atoms with Crippen molar-refractivity contribution in [3.05, 3.63) is 41.2 Å². The fourth-order valence-electron chi connectivity index (χ4n) is 3.20. The molecule has 0 bridgehead atoms. The van der Waals surface area contributed by atoms with E-state index in [1.807, 2.05) is 35.9 Å². The van der Waals surface area contributed by atoms with E-state index < -0.39 is 0 Å². The molecular weight excluding hydrogens is 342 g/mol. The molecule has 0 N–H and O–H groups in total. The quantitative estimate of drug-likeness (QED) is 0.792. The van der Waals surface area contributed by atoms with E-state index in [1.54, 1.807) is 4.90 Å². The topological polar surface area (TPSA) is 56.6 Å². The summed E-state index contributed by atoms with van der Waals surface area (Å²) in [6.45, 7) is 13.9. The third-order valence-electron chi connectivity index (χ3n) is 4.66. The smallest absolute Gasteiger partial charge is 0.274 e. The van der Waals surface area contributed by atoms with Crippen molar-refractivity contribution in [3.63, 3.8) is 0 Å². The molecule has 1 aliphatic heterocycles. The van der Waals surface area contributed by atoms with Crippen LogP contribution in [0.25, 0.3) is 0 Å². The zero-order valence-electron chi connectivity index (χ0n) is 17.1. The fraction of sp³-hybridized carbons (Fsp3) is 0.524. The van der Waals surface area contributed by atoms with Crippen molar-refractivity contribution in [2.75, 3.05) is 13.3 Å². The van der Waals surface area contributed by atoms with Crippen LogP contribution in [-0.4, -0.2) is 33.9 Å². The highest BCUT2D eigenvalue weighted by atomic mass is 16.7. The van der Waals surface area contributed by atoms with Crippen LogP contribution in [0.15, 0.2) is 24.3 Å². The Balaban J connectivity index is 1.85. The van der Waals surface area contributed by atoms with Gasteiger partial charge < -0.3 is 14.4 Å². The molecule has 0 fully saturated rings. The molecule has 3 rings (SSSR count). The minimum absolute atomic E-state index is 0.0555. The number of rotatable bonds is 5. The number of amides is 1. The zero-order valence-corrected chi connectivity index (χ0v) is 17.1. The Labute approximate surface area is 161 Å². The standard InChI is InChI=1S/C21H29N3O3/c1-7-23(12-15-8-9-18-19(10-15)27-13-26-18)20(25)16-11-17(14(2)3)24(22-16)21(4,5)6/h8-11,14H,7,12-13H2,1-6H3. The van der Waals surface area contributed by atoms with Crippen molar-refractivity contribution in [1.82, 2.24) is 14.7 Å². The fourth-order valence-corrected chi connectivity index (χ4v) is 3.20. The Morgan fingerprint density at radius 3 is 2.52 bits per heavy atom. The second-order valence-electron chi connectivity index (χ2n) is 8.20. The van der Waals surface area contributed by atoms with Crippen LogP contribution in [0, 0.1) is 0 Å². The first-order valence-electron chi connectivity index (χ1n) is 9.49. The summed E-state index contributed by atoms with van der Waals surface area (Å²) >= 11 is 0. The maximum atomic E-state index is 13.1. The van der Waals surface area contributed by atoms with Crippen molar-refractivity contribution in [2.45, 2.75) is 59.5 Å². The summed E-state index contributed by atoms with van der Waals surface area (Å²) < 4.78 is 12.8. The van der Waals surface area contributed by atoms with Gasteiger partial charge in [0.05, 0.1) is 5.54 Å².